The molecule has 7 heteroatoms. The molecule has 5 nitrogen and oxygen atoms in total. The van der Waals surface area contributed by atoms with E-state index < -0.39 is 11.6 Å². The van der Waals surface area contributed by atoms with Crippen LogP contribution in [0.5, 0.6) is 0 Å². The van der Waals surface area contributed by atoms with Gasteiger partial charge < -0.3 is 19.5 Å². The van der Waals surface area contributed by atoms with Crippen LogP contribution >= 0.6 is 23.4 Å². The Morgan fingerprint density at radius 3 is 2.32 bits per heavy atom. The highest BCUT2D eigenvalue weighted by Gasteiger charge is 2.33. The van der Waals surface area contributed by atoms with Crippen LogP contribution in [0.3, 0.4) is 0 Å². The van der Waals surface area contributed by atoms with E-state index in [0.29, 0.717) is 12.5 Å². The Morgan fingerprint density at radius 1 is 1.00 bits per heavy atom. The third-order valence-electron chi connectivity index (χ3n) is 6.53. The zero-order valence-corrected chi connectivity index (χ0v) is 26.9. The van der Waals surface area contributed by atoms with Gasteiger partial charge in [0.2, 0.25) is 0 Å². The van der Waals surface area contributed by atoms with Gasteiger partial charge in [-0.1, -0.05) is 98.2 Å². The summed E-state index contributed by atoms with van der Waals surface area (Å²) in [7, 11) is 2.96. The highest BCUT2D eigenvalue weighted by Crippen LogP contribution is 2.32. The summed E-state index contributed by atoms with van der Waals surface area (Å²) in [6.07, 6.45) is 3.84. The molecule has 3 aromatic carbocycles. The molecule has 0 fully saturated rings. The maximum atomic E-state index is 12.1. The summed E-state index contributed by atoms with van der Waals surface area (Å²) in [5.74, 6) is 0.370. The number of rotatable bonds is 14. The second kappa shape index (κ2) is 18.8. The maximum Gasteiger partial charge on any atom is 0.407 e. The van der Waals surface area contributed by atoms with E-state index in [4.69, 9.17) is 25.8 Å². The van der Waals surface area contributed by atoms with E-state index in [-0.39, 0.29) is 6.79 Å². The van der Waals surface area contributed by atoms with Crippen LogP contribution in [-0.2, 0) is 27.1 Å². The Kier molecular flexibility index (Phi) is 15.9. The summed E-state index contributed by atoms with van der Waals surface area (Å²) in [5.41, 5.74) is 3.21. The lowest BCUT2D eigenvalue weighted by Crippen LogP contribution is -2.53. The molecule has 1 unspecified atom stereocenters. The Labute approximate surface area is 256 Å². The predicted molar refractivity (Wildman–Crippen MR) is 171 cm³/mol. The Morgan fingerprint density at radius 2 is 1.73 bits per heavy atom. The molecule has 0 aliphatic heterocycles. The molecule has 0 heterocycles. The Bertz CT molecular complexity index is 1170. The summed E-state index contributed by atoms with van der Waals surface area (Å²) in [5, 5.41) is 3.80. The lowest BCUT2D eigenvalue weighted by Gasteiger charge is -2.35. The Balaban J connectivity index is 0.000000629. The first-order valence-electron chi connectivity index (χ1n) is 14.2. The number of ether oxygens (including phenoxy) is 3. The van der Waals surface area contributed by atoms with Gasteiger partial charge in [0, 0.05) is 21.9 Å². The summed E-state index contributed by atoms with van der Waals surface area (Å²) >= 11 is 8.33. The molecular formula is C34H46ClNO4S. The topological polar surface area (TPSA) is 56.8 Å². The van der Waals surface area contributed by atoms with Crippen LogP contribution in [0.15, 0.2) is 82.6 Å². The normalized spacial score (nSPS) is 12.3. The number of methoxy groups -OCH3 is 2. The molecule has 0 aliphatic rings. The zero-order valence-electron chi connectivity index (χ0n) is 25.4. The molecule has 1 atom stereocenters. The summed E-state index contributed by atoms with van der Waals surface area (Å²) in [6, 6.07) is 25.1. The quantitative estimate of drug-likeness (QED) is 0.148. The lowest BCUT2D eigenvalue weighted by atomic mass is 9.84. The number of benzene rings is 3. The SMILES string of the molecule is CCc1ccccc1.COCOCC(CCCc1ccc(Sc2cccc(C)c2)cc1Cl)(CC(C)C)NC(=O)OC. The number of amides is 1. The number of hydrogen-bond acceptors (Lipinski definition) is 5. The minimum Gasteiger partial charge on any atom is -0.453 e. The summed E-state index contributed by atoms with van der Waals surface area (Å²) in [6.45, 7) is 9.05. The molecule has 0 aliphatic carbocycles. The third kappa shape index (κ3) is 13.3. The van der Waals surface area contributed by atoms with Gasteiger partial charge in [0.1, 0.15) is 6.79 Å². The van der Waals surface area contributed by atoms with E-state index in [9.17, 15) is 4.79 Å². The van der Waals surface area contributed by atoms with Crippen molar-refractivity contribution in [3.05, 3.63) is 94.5 Å². The molecular weight excluding hydrogens is 554 g/mol. The van der Waals surface area contributed by atoms with Crippen molar-refractivity contribution in [3.8, 4) is 0 Å². The monoisotopic (exact) mass is 599 g/mol. The van der Waals surface area contributed by atoms with Crippen LogP contribution in [-0.4, -0.2) is 39.3 Å². The number of carbonyl (C=O) groups is 1. The van der Waals surface area contributed by atoms with Gasteiger partial charge in [-0.05, 0) is 80.3 Å². The molecule has 41 heavy (non-hydrogen) atoms. The smallest absolute Gasteiger partial charge is 0.407 e. The number of alkyl carbamates (subject to hydrolysis) is 1. The van der Waals surface area contributed by atoms with Crippen LogP contribution in [0, 0.1) is 12.8 Å². The van der Waals surface area contributed by atoms with Gasteiger partial charge in [-0.25, -0.2) is 4.79 Å². The van der Waals surface area contributed by atoms with Gasteiger partial charge >= 0.3 is 6.09 Å². The van der Waals surface area contributed by atoms with Crippen molar-refractivity contribution in [1.82, 2.24) is 5.32 Å². The fraction of sp³-hybridized carbons (Fsp3) is 0.441. The zero-order chi connectivity index (χ0) is 30.1. The number of hydrogen-bond donors (Lipinski definition) is 1. The van der Waals surface area contributed by atoms with Crippen molar-refractivity contribution in [3.63, 3.8) is 0 Å². The second-order valence-corrected chi connectivity index (χ2v) is 12.2. The van der Waals surface area contributed by atoms with Gasteiger partial charge in [-0.15, -0.1) is 0 Å². The highest BCUT2D eigenvalue weighted by atomic mass is 35.5. The third-order valence-corrected chi connectivity index (χ3v) is 7.86. The van der Waals surface area contributed by atoms with Gasteiger partial charge in [0.05, 0.1) is 19.3 Å². The van der Waals surface area contributed by atoms with Crippen LogP contribution in [0.1, 0.15) is 56.7 Å². The van der Waals surface area contributed by atoms with E-state index in [0.717, 1.165) is 47.6 Å². The summed E-state index contributed by atoms with van der Waals surface area (Å²) < 4.78 is 15.6. The Hall–Kier alpha value is -2.51. The average molecular weight is 600 g/mol. The molecule has 0 saturated carbocycles. The minimum atomic E-state index is -0.534. The molecule has 0 radical (unpaired) electrons. The molecule has 3 aromatic rings. The largest absolute Gasteiger partial charge is 0.453 e. The number of halogens is 1. The molecule has 224 valence electrons. The van der Waals surface area contributed by atoms with E-state index in [1.807, 2.05) is 12.1 Å². The van der Waals surface area contributed by atoms with Crippen molar-refractivity contribution in [2.24, 2.45) is 5.92 Å². The standard InChI is InChI=1S/C26H36ClNO4S.C8H10/c1-19(2)16-26(17-32-18-30-4,28-25(29)31-5)13-7-9-21-11-12-23(15-24(21)27)33-22-10-6-8-20(3)14-22;1-2-8-6-4-3-5-7-8/h6,8,10-12,14-15,19H,7,9,13,16-18H2,1-5H3,(H,28,29);3-7H,2H2,1H3. The molecule has 3 rings (SSSR count). The van der Waals surface area contributed by atoms with E-state index in [1.165, 1.54) is 23.1 Å². The van der Waals surface area contributed by atoms with Gasteiger partial charge in [0.25, 0.3) is 0 Å². The molecule has 0 saturated heterocycles. The highest BCUT2D eigenvalue weighted by molar-refractivity contribution is 7.99. The first kappa shape index (κ1) is 34.7. The molecule has 0 aromatic heterocycles. The van der Waals surface area contributed by atoms with Crippen LogP contribution in [0.25, 0.3) is 0 Å². The number of carbonyl (C=O) groups excluding carboxylic acids is 1. The van der Waals surface area contributed by atoms with Crippen molar-refractivity contribution in [2.45, 2.75) is 75.1 Å². The van der Waals surface area contributed by atoms with Crippen LogP contribution in [0.2, 0.25) is 5.02 Å². The van der Waals surface area contributed by atoms with Crippen LogP contribution in [0.4, 0.5) is 4.79 Å². The molecule has 1 amide bonds. The minimum absolute atomic E-state index is 0.175. The van der Waals surface area contributed by atoms with Gasteiger partial charge in [0.15, 0.2) is 0 Å². The first-order chi connectivity index (χ1) is 19.7. The fourth-order valence-corrected chi connectivity index (χ4v) is 6.01. The fourth-order valence-electron chi connectivity index (χ4n) is 4.69. The molecule has 1 N–H and O–H groups in total. The predicted octanol–water partition coefficient (Wildman–Crippen LogP) is 9.13. The van der Waals surface area contributed by atoms with Crippen molar-refractivity contribution in [2.75, 3.05) is 27.6 Å². The lowest BCUT2D eigenvalue weighted by molar-refractivity contribution is -0.0575. The van der Waals surface area contributed by atoms with Crippen molar-refractivity contribution < 1.29 is 19.0 Å². The number of aryl methyl sites for hydroxylation is 3. The molecule has 0 spiro atoms. The summed E-state index contributed by atoms with van der Waals surface area (Å²) in [4.78, 5) is 14.4. The van der Waals surface area contributed by atoms with Crippen molar-refractivity contribution >= 4 is 29.5 Å². The second-order valence-electron chi connectivity index (χ2n) is 10.6. The average Bonchev–Trinajstić information content (AvgIpc) is 2.95. The van der Waals surface area contributed by atoms with Gasteiger partial charge in [-0.2, -0.15) is 0 Å². The number of nitrogens with one attached hydrogen (secondary N) is 1. The van der Waals surface area contributed by atoms with Gasteiger partial charge in [-0.3, -0.25) is 0 Å². The van der Waals surface area contributed by atoms with Crippen LogP contribution < -0.4 is 5.32 Å². The maximum absolute atomic E-state index is 12.1. The van der Waals surface area contributed by atoms with E-state index >= 15 is 0 Å². The first-order valence-corrected chi connectivity index (χ1v) is 15.4. The van der Waals surface area contributed by atoms with E-state index in [2.05, 4.69) is 93.7 Å². The van der Waals surface area contributed by atoms with E-state index in [1.54, 1.807) is 18.9 Å². The molecule has 0 bridgehead atoms. The van der Waals surface area contributed by atoms with Crippen molar-refractivity contribution in [1.29, 1.82) is 0 Å².